The van der Waals surface area contributed by atoms with Crippen molar-refractivity contribution in [2.75, 3.05) is 13.1 Å². The van der Waals surface area contributed by atoms with Gasteiger partial charge in [0.15, 0.2) is 11.6 Å². The Morgan fingerprint density at radius 2 is 1.82 bits per heavy atom. The maximum Gasteiger partial charge on any atom is 0.410 e. The summed E-state index contributed by atoms with van der Waals surface area (Å²) in [4.78, 5) is 43.9. The topological polar surface area (TPSA) is 76.6 Å². The molecule has 0 N–H and O–H groups in total. The number of rotatable bonds is 9. The highest BCUT2D eigenvalue weighted by Crippen LogP contribution is 2.37. The van der Waals surface area contributed by atoms with Gasteiger partial charge >= 0.3 is 6.09 Å². The zero-order valence-corrected chi connectivity index (χ0v) is 22.9. The van der Waals surface area contributed by atoms with Crippen LogP contribution in [-0.4, -0.2) is 52.2 Å². The number of nitrogens with zero attached hydrogens (tertiary/aromatic N) is 2. The summed E-state index contributed by atoms with van der Waals surface area (Å²) in [6.45, 7) is 8.73. The summed E-state index contributed by atoms with van der Waals surface area (Å²) in [5.41, 5.74) is 1.51. The lowest BCUT2D eigenvalue weighted by Crippen LogP contribution is -2.50. The van der Waals surface area contributed by atoms with Crippen LogP contribution in [0.15, 0.2) is 42.5 Å². The van der Waals surface area contributed by atoms with E-state index in [0.717, 1.165) is 5.56 Å². The molecule has 2 aromatic rings. The number of likely N-dealkylation sites (tertiary alicyclic amines) is 1. The Bertz CT molecular complexity index is 1140. The number of carbonyl (C=O) groups is 3. The van der Waals surface area contributed by atoms with E-state index in [4.69, 9.17) is 4.74 Å². The SMILES string of the molecule is CCC(=O)c1cc(C(=O)CCC[C@H]2CN(C(=O)OC(C)(C)C)CCC2(F)F)cc([C@@H](C)c2ccccc2)n1. The Balaban J connectivity index is 1.70. The smallest absolute Gasteiger partial charge is 0.410 e. The van der Waals surface area contributed by atoms with E-state index in [0.29, 0.717) is 11.3 Å². The summed E-state index contributed by atoms with van der Waals surface area (Å²) < 4.78 is 34.7. The van der Waals surface area contributed by atoms with Crippen LogP contribution in [0.25, 0.3) is 0 Å². The number of aromatic nitrogens is 1. The van der Waals surface area contributed by atoms with Crippen LogP contribution in [0.1, 0.15) is 105 Å². The van der Waals surface area contributed by atoms with Crippen LogP contribution in [-0.2, 0) is 4.74 Å². The van der Waals surface area contributed by atoms with Gasteiger partial charge < -0.3 is 9.64 Å². The van der Waals surface area contributed by atoms with Crippen LogP contribution < -0.4 is 0 Å². The maximum absolute atomic E-state index is 14.7. The molecule has 206 valence electrons. The molecule has 1 saturated heterocycles. The number of carbonyl (C=O) groups excluding carboxylic acids is 3. The number of ether oxygens (including phenoxy) is 1. The molecule has 1 fully saturated rings. The highest BCUT2D eigenvalue weighted by Gasteiger charge is 2.45. The zero-order valence-electron chi connectivity index (χ0n) is 22.9. The standard InChI is InChI=1S/C30H38F2N2O4/c1-6-26(35)25-18-22(17-24(33-25)20(2)21-11-8-7-9-12-21)27(36)14-10-13-23-19-34(16-15-30(23,31)32)28(37)38-29(3,4)5/h7-9,11-12,17-18,20,23H,6,10,13-16,19H2,1-5H3/t20-,23-/m0/s1. The van der Waals surface area contributed by atoms with Crippen molar-refractivity contribution in [1.82, 2.24) is 9.88 Å². The Labute approximate surface area is 223 Å². The lowest BCUT2D eigenvalue weighted by Gasteiger charge is -2.38. The fraction of sp³-hybridized carbons (Fsp3) is 0.533. The Kier molecular flexibility index (Phi) is 9.39. The quantitative estimate of drug-likeness (QED) is 0.325. The molecule has 0 unspecified atom stereocenters. The van der Waals surface area contributed by atoms with E-state index in [2.05, 4.69) is 4.98 Å². The number of hydrogen-bond acceptors (Lipinski definition) is 5. The molecule has 0 saturated carbocycles. The minimum atomic E-state index is -2.92. The molecule has 38 heavy (non-hydrogen) atoms. The second kappa shape index (κ2) is 12.1. The fourth-order valence-electron chi connectivity index (χ4n) is 4.60. The summed E-state index contributed by atoms with van der Waals surface area (Å²) in [7, 11) is 0. The monoisotopic (exact) mass is 528 g/mol. The van der Waals surface area contributed by atoms with Gasteiger partial charge in [0.25, 0.3) is 5.92 Å². The number of alkyl halides is 2. The van der Waals surface area contributed by atoms with Crippen molar-refractivity contribution in [3.8, 4) is 0 Å². The Hall–Kier alpha value is -3.16. The molecule has 1 aromatic carbocycles. The summed E-state index contributed by atoms with van der Waals surface area (Å²) in [6.07, 6.45) is -0.379. The van der Waals surface area contributed by atoms with Crippen LogP contribution in [0.2, 0.25) is 0 Å². The lowest BCUT2D eigenvalue weighted by molar-refractivity contribution is -0.107. The number of pyridine rings is 1. The predicted octanol–water partition coefficient (Wildman–Crippen LogP) is 7.07. The van der Waals surface area contributed by atoms with Crippen LogP contribution >= 0.6 is 0 Å². The molecular formula is C30H38F2N2O4. The molecule has 0 bridgehead atoms. The fourth-order valence-corrected chi connectivity index (χ4v) is 4.60. The van der Waals surface area contributed by atoms with Crippen molar-refractivity contribution in [2.24, 2.45) is 5.92 Å². The number of amides is 1. The maximum atomic E-state index is 14.7. The van der Waals surface area contributed by atoms with Gasteiger partial charge in [0.05, 0.1) is 0 Å². The van der Waals surface area contributed by atoms with Crippen LogP contribution in [0, 0.1) is 5.92 Å². The molecule has 0 spiro atoms. The van der Waals surface area contributed by atoms with E-state index in [1.807, 2.05) is 37.3 Å². The van der Waals surface area contributed by atoms with Gasteiger partial charge in [-0.25, -0.2) is 18.6 Å². The molecule has 2 heterocycles. The molecule has 1 aliphatic heterocycles. The summed E-state index contributed by atoms with van der Waals surface area (Å²) in [5.74, 6) is -4.49. The molecule has 8 heteroatoms. The number of Topliss-reactive ketones (excluding diaryl/α,β-unsaturated/α-hetero) is 2. The van der Waals surface area contributed by atoms with Crippen molar-refractivity contribution in [2.45, 2.75) is 84.2 Å². The largest absolute Gasteiger partial charge is 0.444 e. The van der Waals surface area contributed by atoms with Crippen molar-refractivity contribution >= 4 is 17.7 Å². The van der Waals surface area contributed by atoms with Crippen molar-refractivity contribution < 1.29 is 27.9 Å². The molecule has 1 aliphatic rings. The third-order valence-electron chi connectivity index (χ3n) is 6.88. The van der Waals surface area contributed by atoms with Crippen LogP contribution in [0.4, 0.5) is 13.6 Å². The molecular weight excluding hydrogens is 490 g/mol. The van der Waals surface area contributed by atoms with Gasteiger partial charge in [0.1, 0.15) is 11.3 Å². The third kappa shape index (κ3) is 7.68. The number of piperidine rings is 1. The van der Waals surface area contributed by atoms with E-state index in [-0.39, 0.29) is 62.0 Å². The first-order chi connectivity index (χ1) is 17.8. The molecule has 3 rings (SSSR count). The number of benzene rings is 1. The molecule has 2 atom stereocenters. The first-order valence-electron chi connectivity index (χ1n) is 13.3. The summed E-state index contributed by atoms with van der Waals surface area (Å²) >= 11 is 0. The predicted molar refractivity (Wildman–Crippen MR) is 142 cm³/mol. The van der Waals surface area contributed by atoms with Gasteiger partial charge in [0.2, 0.25) is 0 Å². The molecule has 0 aliphatic carbocycles. The van der Waals surface area contributed by atoms with Gasteiger partial charge in [-0.1, -0.05) is 44.2 Å². The lowest BCUT2D eigenvalue weighted by atomic mass is 9.88. The average Bonchev–Trinajstić information content (AvgIpc) is 2.87. The van der Waals surface area contributed by atoms with E-state index < -0.39 is 30.0 Å². The van der Waals surface area contributed by atoms with E-state index in [1.54, 1.807) is 33.8 Å². The van der Waals surface area contributed by atoms with Crippen LogP contribution in [0.5, 0.6) is 0 Å². The van der Waals surface area contributed by atoms with Crippen molar-refractivity contribution in [3.63, 3.8) is 0 Å². The molecule has 6 nitrogen and oxygen atoms in total. The van der Waals surface area contributed by atoms with Gasteiger partial charge in [-0.05, 0) is 51.3 Å². The molecule has 0 radical (unpaired) electrons. The van der Waals surface area contributed by atoms with Gasteiger partial charge in [-0.3, -0.25) is 9.59 Å². The minimum Gasteiger partial charge on any atom is -0.444 e. The Morgan fingerprint density at radius 3 is 2.45 bits per heavy atom. The highest BCUT2D eigenvalue weighted by molar-refractivity contribution is 6.00. The minimum absolute atomic E-state index is 0.0575. The van der Waals surface area contributed by atoms with Crippen LogP contribution in [0.3, 0.4) is 0 Å². The number of halogens is 2. The normalized spacial score (nSPS) is 18.1. The second-order valence-electron chi connectivity index (χ2n) is 11.0. The Morgan fingerprint density at radius 1 is 1.13 bits per heavy atom. The van der Waals surface area contributed by atoms with E-state index >= 15 is 0 Å². The second-order valence-corrected chi connectivity index (χ2v) is 11.0. The third-order valence-corrected chi connectivity index (χ3v) is 6.88. The zero-order chi connectivity index (χ0) is 28.1. The van der Waals surface area contributed by atoms with E-state index in [1.165, 1.54) is 11.0 Å². The van der Waals surface area contributed by atoms with E-state index in [9.17, 15) is 23.2 Å². The van der Waals surface area contributed by atoms with Gasteiger partial charge in [0, 0.05) is 55.4 Å². The highest BCUT2D eigenvalue weighted by atomic mass is 19.3. The van der Waals surface area contributed by atoms with Gasteiger partial charge in [-0.15, -0.1) is 0 Å². The first-order valence-corrected chi connectivity index (χ1v) is 13.3. The average molecular weight is 529 g/mol. The number of hydrogen-bond donors (Lipinski definition) is 0. The van der Waals surface area contributed by atoms with Crippen molar-refractivity contribution in [1.29, 1.82) is 0 Å². The molecule has 1 amide bonds. The van der Waals surface area contributed by atoms with Gasteiger partial charge in [-0.2, -0.15) is 0 Å². The summed E-state index contributed by atoms with van der Waals surface area (Å²) in [6, 6.07) is 12.9. The van der Waals surface area contributed by atoms with Crippen molar-refractivity contribution in [3.05, 3.63) is 65.0 Å². The first kappa shape index (κ1) is 29.4. The summed E-state index contributed by atoms with van der Waals surface area (Å²) in [5, 5.41) is 0. The molecule has 1 aromatic heterocycles. The number of ketones is 2.